The molecule has 5 aromatic rings. The summed E-state index contributed by atoms with van der Waals surface area (Å²) >= 11 is 0. The van der Waals surface area contributed by atoms with Gasteiger partial charge in [0.2, 0.25) is 0 Å². The van der Waals surface area contributed by atoms with E-state index in [4.69, 9.17) is 9.15 Å². The summed E-state index contributed by atoms with van der Waals surface area (Å²) in [4.78, 5) is 28.8. The van der Waals surface area contributed by atoms with Crippen molar-refractivity contribution in [1.82, 2.24) is 4.98 Å². The van der Waals surface area contributed by atoms with Crippen LogP contribution in [0.4, 0.5) is 0 Å². The Morgan fingerprint density at radius 3 is 2.61 bits per heavy atom. The predicted octanol–water partition coefficient (Wildman–Crippen LogP) is 5.25. The first-order valence-corrected chi connectivity index (χ1v) is 9.82. The molecule has 0 aliphatic carbocycles. The first-order chi connectivity index (χ1) is 15.2. The fraction of sp³-hybridized carbons (Fsp3) is 0.0385. The minimum absolute atomic E-state index is 0.0373. The zero-order valence-electron chi connectivity index (χ0n) is 16.4. The smallest absolute Gasteiger partial charge is 0.336 e. The first-order valence-electron chi connectivity index (χ1n) is 9.82. The molecule has 0 bridgehead atoms. The van der Waals surface area contributed by atoms with E-state index in [1.165, 1.54) is 12.1 Å². The Kier molecular flexibility index (Phi) is 4.77. The lowest BCUT2D eigenvalue weighted by molar-refractivity contribution is -0.138. The van der Waals surface area contributed by atoms with E-state index in [-0.39, 0.29) is 6.61 Å². The number of nitrogens with zero attached hydrogens (tertiary/aromatic N) is 1. The molecule has 0 aliphatic rings. The van der Waals surface area contributed by atoms with Crippen LogP contribution in [0.1, 0.15) is 11.3 Å². The normalized spacial score (nSPS) is 11.5. The minimum atomic E-state index is -0.517. The highest BCUT2D eigenvalue weighted by Gasteiger charge is 2.11. The standard InChI is InChI=1S/C26H17NO4/c28-24(14-12-20-11-9-18-6-2-4-8-22(18)27-20)30-16-19-15-25(29)31-23-13-10-17-5-1-3-7-21(17)26(19)23/h1-15H,16H2/b14-12+. The fourth-order valence-electron chi connectivity index (χ4n) is 3.66. The molecule has 0 fully saturated rings. The van der Waals surface area contributed by atoms with Gasteiger partial charge in [-0.2, -0.15) is 0 Å². The summed E-state index contributed by atoms with van der Waals surface area (Å²) in [6.45, 7) is -0.0373. The number of hydrogen-bond acceptors (Lipinski definition) is 5. The van der Waals surface area contributed by atoms with Crippen LogP contribution in [0.5, 0.6) is 0 Å². The zero-order chi connectivity index (χ0) is 21.2. The summed E-state index contributed by atoms with van der Waals surface area (Å²) in [7, 11) is 0. The van der Waals surface area contributed by atoms with Crippen molar-refractivity contribution in [3.63, 3.8) is 0 Å². The van der Waals surface area contributed by atoms with Crippen molar-refractivity contribution in [2.45, 2.75) is 6.61 Å². The van der Waals surface area contributed by atoms with Crippen LogP contribution >= 0.6 is 0 Å². The van der Waals surface area contributed by atoms with Crippen LogP contribution in [-0.4, -0.2) is 11.0 Å². The van der Waals surface area contributed by atoms with Gasteiger partial charge in [-0.3, -0.25) is 0 Å². The monoisotopic (exact) mass is 407 g/mol. The number of carbonyl (C=O) groups is 1. The second-order valence-electron chi connectivity index (χ2n) is 7.12. The number of hydrogen-bond donors (Lipinski definition) is 0. The van der Waals surface area contributed by atoms with Gasteiger partial charge in [0, 0.05) is 28.5 Å². The summed E-state index contributed by atoms with van der Waals surface area (Å²) in [5, 5.41) is 3.75. The van der Waals surface area contributed by atoms with Crippen LogP contribution in [0.3, 0.4) is 0 Å². The van der Waals surface area contributed by atoms with Crippen molar-refractivity contribution in [2.24, 2.45) is 0 Å². The van der Waals surface area contributed by atoms with Crippen LogP contribution in [-0.2, 0) is 16.1 Å². The average molecular weight is 407 g/mol. The van der Waals surface area contributed by atoms with Gasteiger partial charge in [-0.05, 0) is 35.0 Å². The molecule has 2 aromatic heterocycles. The molecule has 5 nitrogen and oxygen atoms in total. The van der Waals surface area contributed by atoms with Gasteiger partial charge in [0.1, 0.15) is 12.2 Å². The largest absolute Gasteiger partial charge is 0.458 e. The lowest BCUT2D eigenvalue weighted by atomic mass is 10.0. The maximum atomic E-state index is 12.3. The van der Waals surface area contributed by atoms with Crippen molar-refractivity contribution in [3.8, 4) is 0 Å². The maximum absolute atomic E-state index is 12.3. The number of aromatic nitrogens is 1. The van der Waals surface area contributed by atoms with Gasteiger partial charge >= 0.3 is 11.6 Å². The molecule has 5 heteroatoms. The average Bonchev–Trinajstić information content (AvgIpc) is 2.80. The molecule has 2 heterocycles. The van der Waals surface area contributed by atoms with Crippen LogP contribution in [0, 0.1) is 0 Å². The summed E-state index contributed by atoms with van der Waals surface area (Å²) in [6, 6.07) is 24.4. The molecule has 0 N–H and O–H groups in total. The lowest BCUT2D eigenvalue weighted by Crippen LogP contribution is -2.06. The van der Waals surface area contributed by atoms with Crippen molar-refractivity contribution in [2.75, 3.05) is 0 Å². The first kappa shape index (κ1) is 18.8. The molecule has 0 atom stereocenters. The Bertz CT molecular complexity index is 1530. The van der Waals surface area contributed by atoms with Crippen molar-refractivity contribution in [3.05, 3.63) is 107 Å². The Morgan fingerprint density at radius 1 is 0.935 bits per heavy atom. The van der Waals surface area contributed by atoms with Crippen LogP contribution < -0.4 is 5.63 Å². The van der Waals surface area contributed by atoms with Crippen LogP contribution in [0.15, 0.2) is 94.2 Å². The minimum Gasteiger partial charge on any atom is -0.458 e. The Labute approximate surface area is 177 Å². The highest BCUT2D eigenvalue weighted by molar-refractivity contribution is 6.07. The number of rotatable bonds is 4. The van der Waals surface area contributed by atoms with Gasteiger partial charge in [0.05, 0.1) is 11.2 Å². The van der Waals surface area contributed by atoms with E-state index in [1.54, 1.807) is 12.1 Å². The van der Waals surface area contributed by atoms with E-state index < -0.39 is 11.6 Å². The van der Waals surface area contributed by atoms with Crippen LogP contribution in [0.25, 0.3) is 38.7 Å². The van der Waals surface area contributed by atoms with E-state index in [0.717, 1.165) is 27.1 Å². The summed E-state index contributed by atoms with van der Waals surface area (Å²) in [6.07, 6.45) is 2.95. The van der Waals surface area contributed by atoms with E-state index in [0.29, 0.717) is 16.8 Å². The van der Waals surface area contributed by atoms with Gasteiger partial charge < -0.3 is 9.15 Å². The molecule has 0 saturated heterocycles. The van der Waals surface area contributed by atoms with Crippen molar-refractivity contribution >= 4 is 44.7 Å². The highest BCUT2D eigenvalue weighted by Crippen LogP contribution is 2.27. The number of pyridine rings is 1. The molecule has 0 radical (unpaired) electrons. The van der Waals surface area contributed by atoms with Crippen molar-refractivity contribution in [1.29, 1.82) is 0 Å². The Balaban J connectivity index is 1.40. The molecule has 31 heavy (non-hydrogen) atoms. The molecular formula is C26H17NO4. The van der Waals surface area contributed by atoms with Crippen molar-refractivity contribution < 1.29 is 13.9 Å². The number of para-hydroxylation sites is 1. The summed E-state index contributed by atoms with van der Waals surface area (Å²) in [5.41, 5.74) is 2.10. The number of esters is 1. The van der Waals surface area contributed by atoms with Crippen LogP contribution in [0.2, 0.25) is 0 Å². The summed E-state index contributed by atoms with van der Waals surface area (Å²) in [5.74, 6) is -0.517. The maximum Gasteiger partial charge on any atom is 0.336 e. The molecule has 3 aromatic carbocycles. The molecular weight excluding hydrogens is 390 g/mol. The third-order valence-electron chi connectivity index (χ3n) is 5.09. The van der Waals surface area contributed by atoms with Gasteiger partial charge in [-0.15, -0.1) is 0 Å². The second kappa shape index (κ2) is 7.88. The number of ether oxygens (including phenoxy) is 1. The number of carbonyl (C=O) groups excluding carboxylic acids is 1. The molecule has 0 amide bonds. The molecule has 150 valence electrons. The number of benzene rings is 3. The topological polar surface area (TPSA) is 69.4 Å². The molecule has 0 aliphatic heterocycles. The zero-order valence-corrected chi connectivity index (χ0v) is 16.4. The van der Waals surface area contributed by atoms with Gasteiger partial charge in [-0.25, -0.2) is 14.6 Å². The van der Waals surface area contributed by atoms with E-state index in [2.05, 4.69) is 4.98 Å². The quantitative estimate of drug-likeness (QED) is 0.176. The van der Waals surface area contributed by atoms with Gasteiger partial charge in [-0.1, -0.05) is 54.6 Å². The van der Waals surface area contributed by atoms with E-state index in [9.17, 15) is 9.59 Å². The van der Waals surface area contributed by atoms with E-state index in [1.807, 2.05) is 66.7 Å². The molecule has 0 spiro atoms. The molecule has 5 rings (SSSR count). The SMILES string of the molecule is O=C(/C=C/c1ccc2ccccc2n1)OCc1cc(=O)oc2ccc3ccccc3c12. The predicted molar refractivity (Wildman–Crippen MR) is 121 cm³/mol. The second-order valence-corrected chi connectivity index (χ2v) is 7.12. The van der Waals surface area contributed by atoms with E-state index >= 15 is 0 Å². The van der Waals surface area contributed by atoms with Gasteiger partial charge in [0.25, 0.3) is 0 Å². The van der Waals surface area contributed by atoms with Gasteiger partial charge in [0.15, 0.2) is 0 Å². The lowest BCUT2D eigenvalue weighted by Gasteiger charge is -2.08. The highest BCUT2D eigenvalue weighted by atomic mass is 16.5. The third kappa shape index (κ3) is 3.81. The fourth-order valence-corrected chi connectivity index (χ4v) is 3.66. The third-order valence-corrected chi connectivity index (χ3v) is 5.09. The molecule has 0 unspecified atom stereocenters. The number of fused-ring (bicyclic) bond motifs is 4. The summed E-state index contributed by atoms with van der Waals surface area (Å²) < 4.78 is 10.8. The molecule has 0 saturated carbocycles. The Hall–Kier alpha value is -4.25. The Morgan fingerprint density at radius 2 is 1.71 bits per heavy atom.